The highest BCUT2D eigenvalue weighted by Gasteiger charge is 2.41. The van der Waals surface area contributed by atoms with Gasteiger partial charge in [0.25, 0.3) is 0 Å². The van der Waals surface area contributed by atoms with E-state index in [2.05, 4.69) is 6.92 Å². The molecule has 2 nitrogen and oxygen atoms in total. The molecule has 1 aliphatic rings. The molecule has 2 rings (SSSR count). The molecule has 0 unspecified atom stereocenters. The van der Waals surface area contributed by atoms with E-state index in [0.717, 1.165) is 21.9 Å². The molecule has 1 aromatic carbocycles. The van der Waals surface area contributed by atoms with Gasteiger partial charge in [0, 0.05) is 35.8 Å². The number of nitrogens with two attached hydrogens (primary N) is 1. The van der Waals surface area contributed by atoms with E-state index >= 15 is 0 Å². The Labute approximate surface area is 127 Å². The van der Waals surface area contributed by atoms with Crippen molar-refractivity contribution < 1.29 is 13.2 Å². The second-order valence-electron chi connectivity index (χ2n) is 5.19. The Morgan fingerprint density at radius 2 is 1.95 bits per heavy atom. The summed E-state index contributed by atoms with van der Waals surface area (Å²) in [5, 5.41) is 0. The van der Waals surface area contributed by atoms with Gasteiger partial charge in [0.05, 0.1) is 5.92 Å². The van der Waals surface area contributed by atoms with E-state index in [0.29, 0.717) is 19.6 Å². The van der Waals surface area contributed by atoms with Gasteiger partial charge in [0.15, 0.2) is 0 Å². The number of hydrogen-bond donors (Lipinski definition) is 1. The first kappa shape index (κ1) is 16.5. The van der Waals surface area contributed by atoms with Crippen LogP contribution < -0.4 is 10.6 Å². The molecule has 0 spiro atoms. The van der Waals surface area contributed by atoms with Crippen LogP contribution in [0.2, 0.25) is 0 Å². The van der Waals surface area contributed by atoms with Crippen molar-refractivity contribution in [3.8, 4) is 0 Å². The van der Waals surface area contributed by atoms with Gasteiger partial charge in [-0.1, -0.05) is 13.0 Å². The highest BCUT2D eigenvalue weighted by Crippen LogP contribution is 2.37. The second kappa shape index (κ2) is 6.92. The molecule has 6 heteroatoms. The minimum Gasteiger partial charge on any atom is -0.371 e. The summed E-state index contributed by atoms with van der Waals surface area (Å²) >= 11 is 1.72. The number of piperidine rings is 1. The van der Waals surface area contributed by atoms with Gasteiger partial charge < -0.3 is 10.6 Å². The zero-order valence-corrected chi connectivity index (χ0v) is 12.9. The zero-order valence-electron chi connectivity index (χ0n) is 12.1. The van der Waals surface area contributed by atoms with E-state index in [-0.39, 0.29) is 12.8 Å². The highest BCUT2D eigenvalue weighted by molar-refractivity contribution is 7.99. The molecule has 1 fully saturated rings. The van der Waals surface area contributed by atoms with Crippen LogP contribution in [0.15, 0.2) is 23.1 Å². The lowest BCUT2D eigenvalue weighted by Gasteiger charge is -2.35. The topological polar surface area (TPSA) is 29.3 Å². The Hall–Kier alpha value is -0.880. The number of thioether (sulfide) groups is 1. The molecule has 1 aromatic rings. The van der Waals surface area contributed by atoms with Gasteiger partial charge in [0.2, 0.25) is 0 Å². The van der Waals surface area contributed by atoms with E-state index in [1.165, 1.54) is 0 Å². The Balaban J connectivity index is 2.15. The molecule has 0 radical (unpaired) electrons. The van der Waals surface area contributed by atoms with Crippen LogP contribution in [0.1, 0.15) is 25.3 Å². The standard InChI is InChI=1S/C15H21F3N2S/c1-2-21-14-5-3-4-13(12(14)10-19)20-8-6-11(7-9-20)15(16,17)18/h3-5,11H,2,6-10,19H2,1H3. The number of benzene rings is 1. The molecule has 1 heterocycles. The third-order valence-electron chi connectivity index (χ3n) is 3.91. The fraction of sp³-hybridized carbons (Fsp3) is 0.600. The SMILES string of the molecule is CCSc1cccc(N2CCC(C(F)(F)F)CC2)c1CN. The summed E-state index contributed by atoms with van der Waals surface area (Å²) < 4.78 is 38.2. The predicted octanol–water partition coefficient (Wildman–Crippen LogP) is 4.04. The Morgan fingerprint density at radius 3 is 2.48 bits per heavy atom. The molecule has 0 atom stereocenters. The van der Waals surface area contributed by atoms with Crippen molar-refractivity contribution >= 4 is 17.4 Å². The van der Waals surface area contributed by atoms with Gasteiger partial charge in [-0.15, -0.1) is 11.8 Å². The largest absolute Gasteiger partial charge is 0.391 e. The minimum atomic E-state index is -4.07. The van der Waals surface area contributed by atoms with Crippen LogP contribution in [0.5, 0.6) is 0 Å². The lowest BCUT2D eigenvalue weighted by Crippen LogP contribution is -2.39. The fourth-order valence-corrected chi connectivity index (χ4v) is 3.64. The van der Waals surface area contributed by atoms with Crippen LogP contribution >= 0.6 is 11.8 Å². The van der Waals surface area contributed by atoms with Crippen LogP contribution in [-0.2, 0) is 6.54 Å². The Kier molecular flexibility index (Phi) is 5.43. The number of hydrogen-bond acceptors (Lipinski definition) is 3. The molecule has 0 aliphatic carbocycles. The van der Waals surface area contributed by atoms with Crippen LogP contribution in [0, 0.1) is 5.92 Å². The molecule has 0 saturated carbocycles. The zero-order chi connectivity index (χ0) is 15.5. The van der Waals surface area contributed by atoms with Crippen molar-refractivity contribution in [1.29, 1.82) is 0 Å². The highest BCUT2D eigenvalue weighted by atomic mass is 32.2. The van der Waals surface area contributed by atoms with Gasteiger partial charge >= 0.3 is 6.18 Å². The number of rotatable bonds is 4. The van der Waals surface area contributed by atoms with Gasteiger partial charge in [-0.05, 0) is 30.7 Å². The van der Waals surface area contributed by atoms with Gasteiger partial charge in [0.1, 0.15) is 0 Å². The number of nitrogens with zero attached hydrogens (tertiary/aromatic N) is 1. The van der Waals surface area contributed by atoms with E-state index in [1.54, 1.807) is 11.8 Å². The van der Waals surface area contributed by atoms with Crippen molar-refractivity contribution in [2.45, 2.75) is 37.4 Å². The molecule has 0 amide bonds. The summed E-state index contributed by atoms with van der Waals surface area (Å²) in [6, 6.07) is 5.96. The van der Waals surface area contributed by atoms with E-state index in [9.17, 15) is 13.2 Å². The monoisotopic (exact) mass is 318 g/mol. The fourth-order valence-electron chi connectivity index (χ4n) is 2.79. The smallest absolute Gasteiger partial charge is 0.371 e. The van der Waals surface area contributed by atoms with Crippen LogP contribution in [0.25, 0.3) is 0 Å². The second-order valence-corrected chi connectivity index (χ2v) is 6.50. The van der Waals surface area contributed by atoms with Gasteiger partial charge in [-0.25, -0.2) is 0 Å². The van der Waals surface area contributed by atoms with Crippen molar-refractivity contribution in [2.75, 3.05) is 23.7 Å². The maximum Gasteiger partial charge on any atom is 0.391 e. The lowest BCUT2D eigenvalue weighted by atomic mass is 9.95. The lowest BCUT2D eigenvalue weighted by molar-refractivity contribution is -0.179. The molecule has 118 valence electrons. The molecule has 1 aliphatic heterocycles. The minimum absolute atomic E-state index is 0.165. The third-order valence-corrected chi connectivity index (χ3v) is 4.89. The van der Waals surface area contributed by atoms with Crippen LogP contribution in [-0.4, -0.2) is 25.0 Å². The summed E-state index contributed by atoms with van der Waals surface area (Å²) in [4.78, 5) is 3.18. The summed E-state index contributed by atoms with van der Waals surface area (Å²) in [5.41, 5.74) is 7.91. The van der Waals surface area contributed by atoms with E-state index < -0.39 is 12.1 Å². The number of halogens is 3. The van der Waals surface area contributed by atoms with E-state index in [1.807, 2.05) is 23.1 Å². The summed E-state index contributed by atoms with van der Waals surface area (Å²) in [7, 11) is 0. The van der Waals surface area contributed by atoms with E-state index in [4.69, 9.17) is 5.73 Å². The normalized spacial score (nSPS) is 17.3. The molecule has 21 heavy (non-hydrogen) atoms. The number of anilines is 1. The molecule has 0 bridgehead atoms. The number of alkyl halides is 3. The molecule has 0 aromatic heterocycles. The van der Waals surface area contributed by atoms with Crippen molar-refractivity contribution in [3.63, 3.8) is 0 Å². The van der Waals surface area contributed by atoms with Crippen LogP contribution in [0.3, 0.4) is 0 Å². The Bertz CT molecular complexity index is 468. The first-order chi connectivity index (χ1) is 9.97. The molecular formula is C15H21F3N2S. The molecule has 2 N–H and O–H groups in total. The maximum absolute atomic E-state index is 12.7. The van der Waals surface area contributed by atoms with Crippen molar-refractivity contribution in [2.24, 2.45) is 11.7 Å². The quantitative estimate of drug-likeness (QED) is 0.850. The summed E-state index contributed by atoms with van der Waals surface area (Å²) in [6.07, 6.45) is -3.74. The van der Waals surface area contributed by atoms with Gasteiger partial charge in [-0.3, -0.25) is 0 Å². The third kappa shape index (κ3) is 3.86. The first-order valence-corrected chi connectivity index (χ1v) is 8.22. The first-order valence-electron chi connectivity index (χ1n) is 7.23. The molecular weight excluding hydrogens is 297 g/mol. The summed E-state index contributed by atoms with van der Waals surface area (Å²) in [5.74, 6) is -0.213. The predicted molar refractivity (Wildman–Crippen MR) is 81.7 cm³/mol. The van der Waals surface area contributed by atoms with Gasteiger partial charge in [-0.2, -0.15) is 13.2 Å². The van der Waals surface area contributed by atoms with Crippen molar-refractivity contribution in [1.82, 2.24) is 0 Å². The molecule has 1 saturated heterocycles. The average molecular weight is 318 g/mol. The summed E-state index contributed by atoms with van der Waals surface area (Å²) in [6.45, 7) is 3.37. The van der Waals surface area contributed by atoms with Crippen LogP contribution in [0.4, 0.5) is 18.9 Å². The van der Waals surface area contributed by atoms with Crippen molar-refractivity contribution in [3.05, 3.63) is 23.8 Å². The maximum atomic E-state index is 12.7. The average Bonchev–Trinajstić information content (AvgIpc) is 2.46. The Morgan fingerprint density at radius 1 is 1.29 bits per heavy atom.